The first-order valence-electron chi connectivity index (χ1n) is 9.47. The molecule has 1 unspecified atom stereocenters. The smallest absolute Gasteiger partial charge is 0.450 e. The van der Waals surface area contributed by atoms with Crippen molar-refractivity contribution in [2.45, 2.75) is 19.2 Å². The van der Waals surface area contributed by atoms with Gasteiger partial charge in [-0.05, 0) is 37.3 Å². The molecule has 3 heterocycles. The van der Waals surface area contributed by atoms with E-state index in [4.69, 9.17) is 13.9 Å². The molecule has 1 aliphatic rings. The predicted octanol–water partition coefficient (Wildman–Crippen LogP) is 3.11. The molecule has 1 atom stereocenters. The van der Waals surface area contributed by atoms with Crippen molar-refractivity contribution in [2.75, 3.05) is 26.3 Å². The van der Waals surface area contributed by atoms with E-state index in [0.717, 1.165) is 11.8 Å². The fourth-order valence-electron chi connectivity index (χ4n) is 3.28. The molecule has 1 saturated heterocycles. The van der Waals surface area contributed by atoms with Crippen LogP contribution in [0.4, 0.5) is 13.2 Å². The summed E-state index contributed by atoms with van der Waals surface area (Å²) in [7, 11) is 0. The molecule has 3 aromatic rings. The first kappa shape index (κ1) is 20.9. The molecule has 11 heteroatoms. The molecule has 4 rings (SSSR count). The van der Waals surface area contributed by atoms with Crippen molar-refractivity contribution in [3.8, 4) is 11.4 Å². The quantitative estimate of drug-likeness (QED) is 0.611. The SMILES string of the molecule is Cc1cc(C(=O)N2CCOC(COc3ccc(-n4cncn4)cc3)C2)c(C(F)(F)F)o1. The highest BCUT2D eigenvalue weighted by Gasteiger charge is 2.41. The number of hydrogen-bond acceptors (Lipinski definition) is 6. The molecule has 0 spiro atoms. The number of hydrogen-bond donors (Lipinski definition) is 0. The summed E-state index contributed by atoms with van der Waals surface area (Å²) < 4.78 is 57.2. The third-order valence-electron chi connectivity index (χ3n) is 4.73. The summed E-state index contributed by atoms with van der Waals surface area (Å²) in [5.74, 6) is -1.41. The minimum atomic E-state index is -4.74. The van der Waals surface area contributed by atoms with Gasteiger partial charge in [0.1, 0.15) is 36.9 Å². The summed E-state index contributed by atoms with van der Waals surface area (Å²) in [4.78, 5) is 17.9. The Balaban J connectivity index is 1.37. The van der Waals surface area contributed by atoms with E-state index in [9.17, 15) is 18.0 Å². The highest BCUT2D eigenvalue weighted by molar-refractivity contribution is 5.95. The molecule has 2 aromatic heterocycles. The Morgan fingerprint density at radius 1 is 1.29 bits per heavy atom. The number of amides is 1. The van der Waals surface area contributed by atoms with E-state index in [1.807, 2.05) is 12.1 Å². The van der Waals surface area contributed by atoms with Crippen molar-refractivity contribution in [3.63, 3.8) is 0 Å². The molecule has 0 bridgehead atoms. The van der Waals surface area contributed by atoms with E-state index in [0.29, 0.717) is 5.75 Å². The highest BCUT2D eigenvalue weighted by Crippen LogP contribution is 2.34. The summed E-state index contributed by atoms with van der Waals surface area (Å²) in [6.07, 6.45) is -2.22. The molecular weight excluding hydrogens is 417 g/mol. The fourth-order valence-corrected chi connectivity index (χ4v) is 3.28. The van der Waals surface area contributed by atoms with Crippen LogP contribution in [-0.2, 0) is 10.9 Å². The van der Waals surface area contributed by atoms with Crippen molar-refractivity contribution in [3.05, 3.63) is 60.1 Å². The van der Waals surface area contributed by atoms with Crippen LogP contribution in [0.5, 0.6) is 5.75 Å². The Bertz CT molecular complexity index is 1030. The fraction of sp³-hybridized carbons (Fsp3) is 0.350. The lowest BCUT2D eigenvalue weighted by Gasteiger charge is -2.32. The van der Waals surface area contributed by atoms with E-state index in [-0.39, 0.29) is 32.1 Å². The van der Waals surface area contributed by atoms with Gasteiger partial charge in [0.25, 0.3) is 5.91 Å². The molecule has 1 amide bonds. The number of nitrogens with zero attached hydrogens (tertiary/aromatic N) is 4. The third-order valence-corrected chi connectivity index (χ3v) is 4.73. The van der Waals surface area contributed by atoms with E-state index in [1.54, 1.807) is 23.1 Å². The summed E-state index contributed by atoms with van der Waals surface area (Å²) >= 11 is 0. The van der Waals surface area contributed by atoms with Gasteiger partial charge in [0.05, 0.1) is 24.4 Å². The number of ether oxygens (including phenoxy) is 2. The molecule has 0 N–H and O–H groups in total. The lowest BCUT2D eigenvalue weighted by molar-refractivity contribution is -0.153. The number of halogens is 3. The number of alkyl halides is 3. The summed E-state index contributed by atoms with van der Waals surface area (Å²) in [5, 5.41) is 4.04. The second-order valence-electron chi connectivity index (χ2n) is 6.99. The van der Waals surface area contributed by atoms with Gasteiger partial charge >= 0.3 is 6.18 Å². The maximum absolute atomic E-state index is 13.2. The molecule has 1 aliphatic heterocycles. The van der Waals surface area contributed by atoms with E-state index >= 15 is 0 Å². The number of aryl methyl sites for hydroxylation is 1. The molecule has 1 aromatic carbocycles. The van der Waals surface area contributed by atoms with Crippen LogP contribution in [0.2, 0.25) is 0 Å². The standard InChI is InChI=1S/C20H19F3N4O4/c1-13-8-17(18(31-13)20(21,22)23)19(28)26-6-7-29-16(9-26)10-30-15-4-2-14(3-5-15)27-12-24-11-25-27/h2-5,8,11-12,16H,6-7,9-10H2,1H3. The number of morpholine rings is 1. The number of aromatic nitrogens is 3. The number of rotatable bonds is 5. The molecule has 0 saturated carbocycles. The van der Waals surface area contributed by atoms with Crippen molar-refractivity contribution >= 4 is 5.91 Å². The monoisotopic (exact) mass is 436 g/mol. The topological polar surface area (TPSA) is 82.6 Å². The molecule has 1 fully saturated rings. The van der Waals surface area contributed by atoms with Crippen LogP contribution >= 0.6 is 0 Å². The van der Waals surface area contributed by atoms with Crippen LogP contribution in [0.25, 0.3) is 5.69 Å². The van der Waals surface area contributed by atoms with Gasteiger partial charge in [0, 0.05) is 6.54 Å². The average molecular weight is 436 g/mol. The average Bonchev–Trinajstić information content (AvgIpc) is 3.42. The first-order valence-corrected chi connectivity index (χ1v) is 9.47. The van der Waals surface area contributed by atoms with Gasteiger partial charge < -0.3 is 18.8 Å². The normalized spacial score (nSPS) is 17.0. The van der Waals surface area contributed by atoms with E-state index < -0.39 is 29.5 Å². The molecule has 164 valence electrons. The van der Waals surface area contributed by atoms with Crippen LogP contribution in [-0.4, -0.2) is 58.0 Å². The molecule has 31 heavy (non-hydrogen) atoms. The third kappa shape index (κ3) is 4.71. The predicted molar refractivity (Wildman–Crippen MR) is 101 cm³/mol. The number of furan rings is 1. The molecule has 8 nitrogen and oxygen atoms in total. The van der Waals surface area contributed by atoms with Crippen LogP contribution in [0.3, 0.4) is 0 Å². The largest absolute Gasteiger partial charge is 0.491 e. The van der Waals surface area contributed by atoms with Crippen molar-refractivity contribution < 1.29 is 31.9 Å². The Morgan fingerprint density at radius 2 is 2.06 bits per heavy atom. The molecular formula is C20H19F3N4O4. The van der Waals surface area contributed by atoms with Gasteiger partial charge in [0.15, 0.2) is 0 Å². The second-order valence-corrected chi connectivity index (χ2v) is 6.99. The summed E-state index contributed by atoms with van der Waals surface area (Å²) in [6.45, 7) is 2.00. The van der Waals surface area contributed by atoms with Gasteiger partial charge in [-0.25, -0.2) is 9.67 Å². The molecule has 0 aliphatic carbocycles. The maximum Gasteiger partial charge on any atom is 0.450 e. The van der Waals surface area contributed by atoms with Gasteiger partial charge in [-0.3, -0.25) is 4.79 Å². The van der Waals surface area contributed by atoms with Crippen molar-refractivity contribution in [2.24, 2.45) is 0 Å². The Kier molecular flexibility index (Phi) is 5.68. The first-order chi connectivity index (χ1) is 14.8. The zero-order valence-corrected chi connectivity index (χ0v) is 16.5. The van der Waals surface area contributed by atoms with Crippen LogP contribution < -0.4 is 4.74 Å². The van der Waals surface area contributed by atoms with Crippen molar-refractivity contribution in [1.29, 1.82) is 0 Å². The lowest BCUT2D eigenvalue weighted by atomic mass is 10.1. The second kappa shape index (κ2) is 8.42. The number of carbonyl (C=O) groups excluding carboxylic acids is 1. The summed E-state index contributed by atoms with van der Waals surface area (Å²) in [5.41, 5.74) is 0.321. The Morgan fingerprint density at radius 3 is 2.74 bits per heavy atom. The Hall–Kier alpha value is -3.34. The summed E-state index contributed by atoms with van der Waals surface area (Å²) in [6, 6.07) is 8.24. The Labute approximate surface area is 175 Å². The zero-order valence-electron chi connectivity index (χ0n) is 16.5. The maximum atomic E-state index is 13.2. The minimum absolute atomic E-state index is 0.0261. The number of carbonyl (C=O) groups is 1. The van der Waals surface area contributed by atoms with Gasteiger partial charge in [0.2, 0.25) is 5.76 Å². The van der Waals surface area contributed by atoms with Gasteiger partial charge in [-0.2, -0.15) is 18.3 Å². The zero-order chi connectivity index (χ0) is 22.0. The van der Waals surface area contributed by atoms with Crippen LogP contribution in [0, 0.1) is 6.92 Å². The van der Waals surface area contributed by atoms with Gasteiger partial charge in [-0.1, -0.05) is 0 Å². The molecule has 0 radical (unpaired) electrons. The van der Waals surface area contributed by atoms with Gasteiger partial charge in [-0.15, -0.1) is 0 Å². The minimum Gasteiger partial charge on any atom is -0.491 e. The van der Waals surface area contributed by atoms with E-state index in [2.05, 4.69) is 10.1 Å². The van der Waals surface area contributed by atoms with Crippen LogP contribution in [0.15, 0.2) is 47.4 Å². The van der Waals surface area contributed by atoms with Crippen molar-refractivity contribution in [1.82, 2.24) is 19.7 Å². The van der Waals surface area contributed by atoms with E-state index in [1.165, 1.54) is 18.2 Å². The van der Waals surface area contributed by atoms with Crippen LogP contribution in [0.1, 0.15) is 21.9 Å². The highest BCUT2D eigenvalue weighted by atomic mass is 19.4. The number of benzene rings is 1. The lowest BCUT2D eigenvalue weighted by Crippen LogP contribution is -2.47.